The smallest absolute Gasteiger partial charge is 0.133 e. The second kappa shape index (κ2) is 6.16. The van der Waals surface area contributed by atoms with Crippen molar-refractivity contribution in [3.8, 4) is 0 Å². The summed E-state index contributed by atoms with van der Waals surface area (Å²) >= 11 is 0. The molecule has 2 rings (SSSR count). The van der Waals surface area contributed by atoms with Gasteiger partial charge < -0.3 is 15.7 Å². The molecule has 0 saturated carbocycles. The SMILES string of the molecule is Cc1ccnc(N2CCCCCC2CO)c1CN. The van der Waals surface area contributed by atoms with Crippen LogP contribution in [0.3, 0.4) is 0 Å². The molecule has 1 fully saturated rings. The maximum absolute atomic E-state index is 9.58. The van der Waals surface area contributed by atoms with E-state index in [9.17, 15) is 5.11 Å². The van der Waals surface area contributed by atoms with Crippen molar-refractivity contribution in [3.05, 3.63) is 23.4 Å². The second-order valence-electron chi connectivity index (χ2n) is 5.01. The van der Waals surface area contributed by atoms with Crippen molar-refractivity contribution >= 4 is 5.82 Å². The minimum atomic E-state index is 0.187. The lowest BCUT2D eigenvalue weighted by atomic mass is 10.1. The summed E-state index contributed by atoms with van der Waals surface area (Å²) in [6.07, 6.45) is 6.46. The molecular weight excluding hydrogens is 226 g/mol. The fourth-order valence-electron chi connectivity index (χ4n) is 2.72. The molecule has 100 valence electrons. The number of aromatic nitrogens is 1. The molecule has 0 spiro atoms. The maximum Gasteiger partial charge on any atom is 0.133 e. The third-order valence-electron chi connectivity index (χ3n) is 3.83. The summed E-state index contributed by atoms with van der Waals surface area (Å²) in [6, 6.07) is 2.18. The first-order valence-electron chi connectivity index (χ1n) is 6.80. The van der Waals surface area contributed by atoms with E-state index in [4.69, 9.17) is 5.73 Å². The highest BCUT2D eigenvalue weighted by atomic mass is 16.3. The Labute approximate surface area is 109 Å². The van der Waals surface area contributed by atoms with Gasteiger partial charge in [0.1, 0.15) is 5.82 Å². The highest BCUT2D eigenvalue weighted by molar-refractivity contribution is 5.51. The number of aliphatic hydroxyl groups is 1. The van der Waals surface area contributed by atoms with Crippen LogP contribution in [0.25, 0.3) is 0 Å². The van der Waals surface area contributed by atoms with E-state index in [0.29, 0.717) is 6.54 Å². The van der Waals surface area contributed by atoms with Crippen LogP contribution in [0.4, 0.5) is 5.82 Å². The molecule has 4 heteroatoms. The fourth-order valence-corrected chi connectivity index (χ4v) is 2.72. The third-order valence-corrected chi connectivity index (χ3v) is 3.83. The largest absolute Gasteiger partial charge is 0.394 e. The summed E-state index contributed by atoms with van der Waals surface area (Å²) in [6.45, 7) is 3.73. The number of nitrogens with zero attached hydrogens (tertiary/aromatic N) is 2. The zero-order valence-electron chi connectivity index (χ0n) is 11.1. The Hall–Kier alpha value is -1.13. The predicted octanol–water partition coefficient (Wildman–Crippen LogP) is 1.59. The number of nitrogens with two attached hydrogens (primary N) is 1. The Morgan fingerprint density at radius 2 is 2.28 bits per heavy atom. The van der Waals surface area contributed by atoms with Crippen molar-refractivity contribution in [1.82, 2.24) is 4.98 Å². The van der Waals surface area contributed by atoms with Gasteiger partial charge in [-0.15, -0.1) is 0 Å². The zero-order valence-corrected chi connectivity index (χ0v) is 11.1. The van der Waals surface area contributed by atoms with E-state index in [-0.39, 0.29) is 12.6 Å². The summed E-state index contributed by atoms with van der Waals surface area (Å²) in [5.41, 5.74) is 8.15. The van der Waals surface area contributed by atoms with Gasteiger partial charge in [0.15, 0.2) is 0 Å². The van der Waals surface area contributed by atoms with Gasteiger partial charge in [-0.25, -0.2) is 4.98 Å². The van der Waals surface area contributed by atoms with Gasteiger partial charge in [0.05, 0.1) is 12.6 Å². The molecule has 1 aliphatic heterocycles. The number of hydrogen-bond donors (Lipinski definition) is 2. The van der Waals surface area contributed by atoms with E-state index in [1.165, 1.54) is 18.4 Å². The quantitative estimate of drug-likeness (QED) is 0.854. The van der Waals surface area contributed by atoms with Gasteiger partial charge in [-0.1, -0.05) is 12.8 Å². The van der Waals surface area contributed by atoms with Gasteiger partial charge in [0, 0.05) is 24.8 Å². The summed E-state index contributed by atoms with van der Waals surface area (Å²) in [7, 11) is 0. The van der Waals surface area contributed by atoms with Gasteiger partial charge in [-0.3, -0.25) is 0 Å². The lowest BCUT2D eigenvalue weighted by molar-refractivity contribution is 0.254. The monoisotopic (exact) mass is 249 g/mol. The molecule has 1 aromatic rings. The van der Waals surface area contributed by atoms with Crippen LogP contribution < -0.4 is 10.6 Å². The molecule has 0 amide bonds. The highest BCUT2D eigenvalue weighted by Gasteiger charge is 2.23. The minimum Gasteiger partial charge on any atom is -0.394 e. The molecule has 1 atom stereocenters. The van der Waals surface area contributed by atoms with Crippen LogP contribution in [0, 0.1) is 6.92 Å². The Kier molecular flexibility index (Phi) is 4.55. The zero-order chi connectivity index (χ0) is 13.0. The van der Waals surface area contributed by atoms with Gasteiger partial charge in [-0.2, -0.15) is 0 Å². The van der Waals surface area contributed by atoms with Crippen molar-refractivity contribution in [3.63, 3.8) is 0 Å². The average molecular weight is 249 g/mol. The summed E-state index contributed by atoms with van der Waals surface area (Å²) in [4.78, 5) is 6.76. The van der Waals surface area contributed by atoms with Crippen molar-refractivity contribution in [2.75, 3.05) is 18.1 Å². The first-order valence-corrected chi connectivity index (χ1v) is 6.80. The molecule has 0 radical (unpaired) electrons. The Balaban J connectivity index is 2.35. The predicted molar refractivity (Wildman–Crippen MR) is 73.6 cm³/mol. The van der Waals surface area contributed by atoms with Crippen LogP contribution >= 0.6 is 0 Å². The molecular formula is C14H23N3O. The van der Waals surface area contributed by atoms with Crippen molar-refractivity contribution in [2.45, 2.75) is 45.2 Å². The van der Waals surface area contributed by atoms with Gasteiger partial charge in [0.25, 0.3) is 0 Å². The minimum absolute atomic E-state index is 0.187. The first-order chi connectivity index (χ1) is 8.77. The third kappa shape index (κ3) is 2.65. The maximum atomic E-state index is 9.58. The standard InChI is InChI=1S/C14H23N3O/c1-11-6-7-16-14(13(11)9-15)17-8-4-2-3-5-12(17)10-18/h6-7,12,18H,2-5,8-10,15H2,1H3. The van der Waals surface area contributed by atoms with Crippen molar-refractivity contribution in [1.29, 1.82) is 0 Å². The van der Waals surface area contributed by atoms with Crippen molar-refractivity contribution < 1.29 is 5.11 Å². The van der Waals surface area contributed by atoms with Crippen LogP contribution in [0.1, 0.15) is 36.8 Å². The summed E-state index contributed by atoms with van der Waals surface area (Å²) < 4.78 is 0. The molecule has 2 heterocycles. The fraction of sp³-hybridized carbons (Fsp3) is 0.643. The molecule has 0 aliphatic carbocycles. The number of hydrogen-bond acceptors (Lipinski definition) is 4. The molecule has 0 bridgehead atoms. The molecule has 18 heavy (non-hydrogen) atoms. The van der Waals surface area contributed by atoms with Crippen LogP contribution in [-0.2, 0) is 6.54 Å². The van der Waals surface area contributed by atoms with E-state index in [0.717, 1.165) is 30.8 Å². The van der Waals surface area contributed by atoms with Crippen LogP contribution in [-0.4, -0.2) is 29.3 Å². The number of aliphatic hydroxyl groups excluding tert-OH is 1. The van der Waals surface area contributed by atoms with E-state index < -0.39 is 0 Å². The highest BCUT2D eigenvalue weighted by Crippen LogP contribution is 2.26. The lowest BCUT2D eigenvalue weighted by Gasteiger charge is -2.31. The number of pyridine rings is 1. The summed E-state index contributed by atoms with van der Waals surface area (Å²) in [5, 5.41) is 9.58. The molecule has 1 saturated heterocycles. The summed E-state index contributed by atoms with van der Waals surface area (Å²) in [5.74, 6) is 0.971. The van der Waals surface area contributed by atoms with E-state index in [2.05, 4.69) is 16.8 Å². The van der Waals surface area contributed by atoms with Crippen LogP contribution in [0.5, 0.6) is 0 Å². The number of anilines is 1. The van der Waals surface area contributed by atoms with Gasteiger partial charge >= 0.3 is 0 Å². The Bertz CT molecular complexity index is 395. The topological polar surface area (TPSA) is 62.4 Å². The Morgan fingerprint density at radius 3 is 3.00 bits per heavy atom. The van der Waals surface area contributed by atoms with Gasteiger partial charge in [-0.05, 0) is 31.4 Å². The molecule has 4 nitrogen and oxygen atoms in total. The number of aryl methyl sites for hydroxylation is 1. The van der Waals surface area contributed by atoms with Crippen LogP contribution in [0.15, 0.2) is 12.3 Å². The van der Waals surface area contributed by atoms with E-state index in [1.54, 1.807) is 0 Å². The molecule has 1 aromatic heterocycles. The van der Waals surface area contributed by atoms with Gasteiger partial charge in [0.2, 0.25) is 0 Å². The lowest BCUT2D eigenvalue weighted by Crippen LogP contribution is -2.39. The van der Waals surface area contributed by atoms with E-state index in [1.807, 2.05) is 12.3 Å². The first kappa shape index (κ1) is 13.3. The normalized spacial score (nSPS) is 20.8. The van der Waals surface area contributed by atoms with E-state index >= 15 is 0 Å². The average Bonchev–Trinajstić information content (AvgIpc) is 2.63. The van der Waals surface area contributed by atoms with Crippen molar-refractivity contribution in [2.24, 2.45) is 5.73 Å². The Morgan fingerprint density at radius 1 is 1.44 bits per heavy atom. The molecule has 0 aromatic carbocycles. The molecule has 3 N–H and O–H groups in total. The molecule has 1 aliphatic rings. The molecule has 1 unspecified atom stereocenters. The van der Waals surface area contributed by atoms with Crippen LogP contribution in [0.2, 0.25) is 0 Å². The number of rotatable bonds is 3. The second-order valence-corrected chi connectivity index (χ2v) is 5.01.